The molecule has 0 radical (unpaired) electrons. The normalized spacial score (nSPS) is 18.5. The Morgan fingerprint density at radius 1 is 0.900 bits per heavy atom. The maximum atomic E-state index is 5.97. The second kappa shape index (κ2) is 7.28. The number of nitrogens with zero attached hydrogens (tertiary/aromatic N) is 5. The fraction of sp³-hybridized carbons (Fsp3) is 0.409. The van der Waals surface area contributed by atoms with Gasteiger partial charge in [-0.2, -0.15) is 15.1 Å². The number of ether oxygens (including phenoxy) is 1. The summed E-state index contributed by atoms with van der Waals surface area (Å²) < 4.78 is 11.4. The predicted octanol–water partition coefficient (Wildman–Crippen LogP) is 3.32. The van der Waals surface area contributed by atoms with E-state index in [2.05, 4.69) is 49.2 Å². The van der Waals surface area contributed by atoms with E-state index in [1.165, 1.54) is 11.1 Å². The molecule has 0 bridgehead atoms. The molecule has 154 valence electrons. The van der Waals surface area contributed by atoms with E-state index in [1.54, 1.807) is 0 Å². The van der Waals surface area contributed by atoms with Gasteiger partial charge < -0.3 is 19.0 Å². The monoisotopic (exact) mass is 404 g/mol. The van der Waals surface area contributed by atoms with Gasteiger partial charge in [0.1, 0.15) is 11.3 Å². The van der Waals surface area contributed by atoms with Crippen LogP contribution in [0.15, 0.2) is 40.8 Å². The number of benzene rings is 1. The molecule has 1 N–H and O–H groups in total. The summed E-state index contributed by atoms with van der Waals surface area (Å²) in [5.41, 5.74) is 3.72. The molecule has 3 aromatic heterocycles. The third-order valence-corrected chi connectivity index (χ3v) is 6.22. The minimum Gasteiger partial charge on any atom is -0.404 e. The molecule has 6 rings (SSSR count). The standard InChI is InChI=1S/C22H24N6O2/c1-2-4-17-16(3-1)20(26-25-17)15-7-9-27(10-8-15)19-6-5-18-21(24-19)30-22(23-18)28-11-13-29-14-12-28/h1-6,15H,7-14H2,(H,25,26). The van der Waals surface area contributed by atoms with Crippen LogP contribution in [-0.2, 0) is 4.74 Å². The molecule has 4 aromatic rings. The van der Waals surface area contributed by atoms with Gasteiger partial charge in [0.15, 0.2) is 0 Å². The van der Waals surface area contributed by atoms with Crippen LogP contribution in [0.25, 0.3) is 22.1 Å². The van der Waals surface area contributed by atoms with Gasteiger partial charge in [0, 0.05) is 37.5 Å². The van der Waals surface area contributed by atoms with Crippen LogP contribution in [0.1, 0.15) is 24.5 Å². The van der Waals surface area contributed by atoms with Crippen LogP contribution < -0.4 is 9.80 Å². The first kappa shape index (κ1) is 17.7. The number of anilines is 2. The summed E-state index contributed by atoms with van der Waals surface area (Å²) in [6, 6.07) is 13.1. The van der Waals surface area contributed by atoms with Gasteiger partial charge in [0.25, 0.3) is 11.7 Å². The first-order valence-electron chi connectivity index (χ1n) is 10.6. The number of aromatic amines is 1. The highest BCUT2D eigenvalue weighted by atomic mass is 16.5. The van der Waals surface area contributed by atoms with Crippen molar-refractivity contribution in [1.82, 2.24) is 20.2 Å². The lowest BCUT2D eigenvalue weighted by molar-refractivity contribution is 0.120. The van der Waals surface area contributed by atoms with Crippen molar-refractivity contribution in [2.75, 3.05) is 49.2 Å². The van der Waals surface area contributed by atoms with E-state index < -0.39 is 0 Å². The Balaban J connectivity index is 1.19. The molecule has 8 heteroatoms. The van der Waals surface area contributed by atoms with Gasteiger partial charge in [-0.3, -0.25) is 5.10 Å². The molecule has 5 heterocycles. The van der Waals surface area contributed by atoms with Crippen LogP contribution in [0, 0.1) is 0 Å². The highest BCUT2D eigenvalue weighted by molar-refractivity contribution is 5.81. The Kier molecular flexibility index (Phi) is 4.30. The summed E-state index contributed by atoms with van der Waals surface area (Å²) in [7, 11) is 0. The average molecular weight is 404 g/mol. The van der Waals surface area contributed by atoms with Crippen LogP contribution in [0.3, 0.4) is 0 Å². The van der Waals surface area contributed by atoms with Crippen LogP contribution in [0.4, 0.5) is 11.8 Å². The number of hydrogen-bond donors (Lipinski definition) is 1. The summed E-state index contributed by atoms with van der Waals surface area (Å²) in [4.78, 5) is 13.8. The number of para-hydroxylation sites is 1. The van der Waals surface area contributed by atoms with E-state index in [0.29, 0.717) is 30.9 Å². The van der Waals surface area contributed by atoms with Crippen molar-refractivity contribution >= 4 is 34.0 Å². The highest BCUT2D eigenvalue weighted by Gasteiger charge is 2.25. The number of piperidine rings is 1. The molecule has 2 fully saturated rings. The molecule has 0 aliphatic carbocycles. The maximum absolute atomic E-state index is 5.97. The van der Waals surface area contributed by atoms with Gasteiger partial charge in [0.2, 0.25) is 0 Å². The molecule has 2 aliphatic heterocycles. The van der Waals surface area contributed by atoms with Crippen molar-refractivity contribution in [2.24, 2.45) is 0 Å². The number of oxazole rings is 1. The molecule has 2 saturated heterocycles. The predicted molar refractivity (Wildman–Crippen MR) is 115 cm³/mol. The van der Waals surface area contributed by atoms with E-state index in [1.807, 2.05) is 12.1 Å². The lowest BCUT2D eigenvalue weighted by atomic mass is 9.91. The average Bonchev–Trinajstić information content (AvgIpc) is 3.44. The molecule has 0 spiro atoms. The minimum absolute atomic E-state index is 0.472. The second-order valence-corrected chi connectivity index (χ2v) is 8.01. The van der Waals surface area contributed by atoms with Crippen molar-refractivity contribution in [3.05, 3.63) is 42.1 Å². The van der Waals surface area contributed by atoms with Gasteiger partial charge in [-0.15, -0.1) is 0 Å². The Labute approximate surface area is 173 Å². The zero-order valence-corrected chi connectivity index (χ0v) is 16.8. The first-order chi connectivity index (χ1) is 14.8. The quantitative estimate of drug-likeness (QED) is 0.561. The van der Waals surface area contributed by atoms with Crippen LogP contribution in [-0.4, -0.2) is 59.6 Å². The van der Waals surface area contributed by atoms with E-state index in [9.17, 15) is 0 Å². The molecular weight excluding hydrogens is 380 g/mol. The Hall–Kier alpha value is -3.13. The van der Waals surface area contributed by atoms with Crippen molar-refractivity contribution in [3.63, 3.8) is 0 Å². The first-order valence-corrected chi connectivity index (χ1v) is 10.6. The molecule has 1 aromatic carbocycles. The second-order valence-electron chi connectivity index (χ2n) is 8.01. The number of morpholine rings is 1. The van der Waals surface area contributed by atoms with E-state index in [4.69, 9.17) is 14.1 Å². The summed E-state index contributed by atoms with van der Waals surface area (Å²) in [6.07, 6.45) is 2.12. The van der Waals surface area contributed by atoms with Crippen molar-refractivity contribution in [1.29, 1.82) is 0 Å². The third-order valence-electron chi connectivity index (χ3n) is 6.22. The van der Waals surface area contributed by atoms with E-state index in [-0.39, 0.29) is 0 Å². The topological polar surface area (TPSA) is 83.3 Å². The van der Waals surface area contributed by atoms with Crippen molar-refractivity contribution in [3.8, 4) is 0 Å². The summed E-state index contributed by atoms with van der Waals surface area (Å²) in [5.74, 6) is 1.43. The fourth-order valence-electron chi connectivity index (χ4n) is 4.54. The summed E-state index contributed by atoms with van der Waals surface area (Å²) in [5, 5.41) is 9.02. The number of aromatic nitrogens is 4. The van der Waals surface area contributed by atoms with Gasteiger partial charge in [-0.05, 0) is 31.0 Å². The molecule has 30 heavy (non-hydrogen) atoms. The van der Waals surface area contributed by atoms with Crippen LogP contribution >= 0.6 is 0 Å². The fourth-order valence-corrected chi connectivity index (χ4v) is 4.54. The largest absolute Gasteiger partial charge is 0.404 e. The van der Waals surface area contributed by atoms with E-state index >= 15 is 0 Å². The Morgan fingerprint density at radius 3 is 2.60 bits per heavy atom. The number of hydrogen-bond acceptors (Lipinski definition) is 7. The molecule has 0 atom stereocenters. The number of nitrogens with one attached hydrogen (secondary N) is 1. The number of fused-ring (bicyclic) bond motifs is 2. The third kappa shape index (κ3) is 3.08. The molecule has 0 saturated carbocycles. The molecule has 2 aliphatic rings. The Morgan fingerprint density at radius 2 is 1.73 bits per heavy atom. The molecule has 0 amide bonds. The zero-order chi connectivity index (χ0) is 19.9. The smallest absolute Gasteiger partial charge is 0.299 e. The van der Waals surface area contributed by atoms with Crippen LogP contribution in [0.5, 0.6) is 0 Å². The maximum Gasteiger partial charge on any atom is 0.299 e. The lowest BCUT2D eigenvalue weighted by Crippen LogP contribution is -2.36. The zero-order valence-electron chi connectivity index (χ0n) is 16.8. The van der Waals surface area contributed by atoms with Crippen molar-refractivity contribution in [2.45, 2.75) is 18.8 Å². The van der Waals surface area contributed by atoms with Crippen LogP contribution in [0.2, 0.25) is 0 Å². The molecule has 0 unspecified atom stereocenters. The Bertz CT molecular complexity index is 1170. The van der Waals surface area contributed by atoms with Gasteiger partial charge in [0.05, 0.1) is 24.4 Å². The van der Waals surface area contributed by atoms with Crippen molar-refractivity contribution < 1.29 is 9.15 Å². The number of rotatable bonds is 3. The molecule has 8 nitrogen and oxygen atoms in total. The summed E-state index contributed by atoms with van der Waals surface area (Å²) in [6.45, 7) is 4.92. The van der Waals surface area contributed by atoms with E-state index in [0.717, 1.165) is 55.9 Å². The SMILES string of the molecule is c1ccc2c(C3CCN(c4ccc5nc(N6CCOCC6)oc5n4)CC3)n[nH]c2c1. The lowest BCUT2D eigenvalue weighted by Gasteiger charge is -2.32. The minimum atomic E-state index is 0.472. The van der Waals surface area contributed by atoms with Gasteiger partial charge in [-0.1, -0.05) is 18.2 Å². The number of pyridine rings is 1. The highest BCUT2D eigenvalue weighted by Crippen LogP contribution is 2.33. The van der Waals surface area contributed by atoms with Gasteiger partial charge in [-0.25, -0.2) is 0 Å². The van der Waals surface area contributed by atoms with Gasteiger partial charge >= 0.3 is 0 Å². The number of H-pyrrole nitrogens is 1. The summed E-state index contributed by atoms with van der Waals surface area (Å²) >= 11 is 0. The molecular formula is C22H24N6O2.